The summed E-state index contributed by atoms with van der Waals surface area (Å²) in [5, 5.41) is 0. The van der Waals surface area contributed by atoms with Gasteiger partial charge in [0, 0.05) is 18.8 Å². The molecule has 0 aliphatic rings. The van der Waals surface area contributed by atoms with Crippen LogP contribution < -0.4 is 10.6 Å². The zero-order valence-corrected chi connectivity index (χ0v) is 10.6. The second-order valence-electron chi connectivity index (χ2n) is 4.15. The Morgan fingerprint density at radius 2 is 1.69 bits per heavy atom. The van der Waals surface area contributed by atoms with Gasteiger partial charge in [-0.2, -0.15) is 0 Å². The summed E-state index contributed by atoms with van der Waals surface area (Å²) in [4.78, 5) is 2.48. The van der Waals surface area contributed by atoms with Crippen LogP contribution in [0.15, 0.2) is 24.3 Å². The first kappa shape index (κ1) is 13.0. The van der Waals surface area contributed by atoms with Gasteiger partial charge in [0.05, 0.1) is 0 Å². The third-order valence-electron chi connectivity index (χ3n) is 2.73. The zero-order valence-electron chi connectivity index (χ0n) is 10.6. The molecule has 1 rings (SSSR count). The fourth-order valence-electron chi connectivity index (χ4n) is 2.08. The SMILES string of the molecule is CCCN(CCC)c1ccccc1CCN. The molecule has 2 N–H and O–H groups in total. The Bertz CT molecular complexity index is 291. The Balaban J connectivity index is 2.87. The molecule has 0 fully saturated rings. The summed E-state index contributed by atoms with van der Waals surface area (Å²) in [5.41, 5.74) is 8.41. The summed E-state index contributed by atoms with van der Waals surface area (Å²) in [6.07, 6.45) is 3.36. The molecular formula is C14H24N2. The Morgan fingerprint density at radius 1 is 1.06 bits per heavy atom. The summed E-state index contributed by atoms with van der Waals surface area (Å²) >= 11 is 0. The number of hydrogen-bond donors (Lipinski definition) is 1. The Kier molecular flexibility index (Phi) is 5.94. The van der Waals surface area contributed by atoms with Crippen molar-refractivity contribution in [2.75, 3.05) is 24.5 Å². The summed E-state index contributed by atoms with van der Waals surface area (Å²) in [6, 6.07) is 8.63. The first-order valence-corrected chi connectivity index (χ1v) is 6.36. The molecule has 0 aromatic heterocycles. The van der Waals surface area contributed by atoms with E-state index in [0.717, 1.165) is 26.1 Å². The van der Waals surface area contributed by atoms with E-state index in [0.29, 0.717) is 0 Å². The van der Waals surface area contributed by atoms with Gasteiger partial charge in [-0.15, -0.1) is 0 Å². The van der Waals surface area contributed by atoms with Crippen LogP contribution in [0.25, 0.3) is 0 Å². The summed E-state index contributed by atoms with van der Waals surface area (Å²) in [6.45, 7) is 7.45. The Labute approximate surface area is 99.5 Å². The maximum Gasteiger partial charge on any atom is 0.0399 e. The number of para-hydroxylation sites is 1. The highest BCUT2D eigenvalue weighted by Gasteiger charge is 2.08. The van der Waals surface area contributed by atoms with Crippen molar-refractivity contribution in [3.8, 4) is 0 Å². The van der Waals surface area contributed by atoms with Crippen LogP contribution in [-0.4, -0.2) is 19.6 Å². The van der Waals surface area contributed by atoms with Gasteiger partial charge >= 0.3 is 0 Å². The van der Waals surface area contributed by atoms with E-state index in [4.69, 9.17) is 5.73 Å². The average molecular weight is 220 g/mol. The van der Waals surface area contributed by atoms with Crippen LogP contribution >= 0.6 is 0 Å². The van der Waals surface area contributed by atoms with Crippen molar-refractivity contribution in [3.05, 3.63) is 29.8 Å². The highest BCUT2D eigenvalue weighted by Crippen LogP contribution is 2.21. The molecular weight excluding hydrogens is 196 g/mol. The largest absolute Gasteiger partial charge is 0.371 e. The van der Waals surface area contributed by atoms with Crippen LogP contribution in [0.2, 0.25) is 0 Å². The lowest BCUT2D eigenvalue weighted by Crippen LogP contribution is -2.26. The lowest BCUT2D eigenvalue weighted by molar-refractivity contribution is 0.739. The number of anilines is 1. The molecule has 0 heterocycles. The minimum absolute atomic E-state index is 0.725. The molecule has 0 amide bonds. The molecule has 90 valence electrons. The minimum Gasteiger partial charge on any atom is -0.371 e. The second kappa shape index (κ2) is 7.29. The first-order valence-electron chi connectivity index (χ1n) is 6.36. The van der Waals surface area contributed by atoms with Crippen molar-refractivity contribution in [2.45, 2.75) is 33.1 Å². The second-order valence-corrected chi connectivity index (χ2v) is 4.15. The molecule has 0 atom stereocenters. The van der Waals surface area contributed by atoms with Crippen molar-refractivity contribution >= 4 is 5.69 Å². The average Bonchev–Trinajstić information content (AvgIpc) is 2.30. The van der Waals surface area contributed by atoms with E-state index in [2.05, 4.69) is 43.0 Å². The van der Waals surface area contributed by atoms with Crippen LogP contribution in [-0.2, 0) is 6.42 Å². The molecule has 1 aromatic carbocycles. The molecule has 1 aromatic rings. The van der Waals surface area contributed by atoms with Crippen LogP contribution in [0, 0.1) is 0 Å². The summed E-state index contributed by atoms with van der Waals surface area (Å²) in [7, 11) is 0. The molecule has 0 bridgehead atoms. The van der Waals surface area contributed by atoms with E-state index < -0.39 is 0 Å². The van der Waals surface area contributed by atoms with E-state index in [1.807, 2.05) is 0 Å². The quantitative estimate of drug-likeness (QED) is 0.765. The van der Waals surface area contributed by atoms with Gasteiger partial charge < -0.3 is 10.6 Å². The molecule has 0 aliphatic heterocycles. The molecule has 0 radical (unpaired) electrons. The fraction of sp³-hybridized carbons (Fsp3) is 0.571. The van der Waals surface area contributed by atoms with Crippen molar-refractivity contribution in [2.24, 2.45) is 5.73 Å². The van der Waals surface area contributed by atoms with E-state index in [-0.39, 0.29) is 0 Å². The van der Waals surface area contributed by atoms with Gasteiger partial charge in [-0.1, -0.05) is 32.0 Å². The monoisotopic (exact) mass is 220 g/mol. The van der Waals surface area contributed by atoms with Crippen LogP contribution in [0.4, 0.5) is 5.69 Å². The number of hydrogen-bond acceptors (Lipinski definition) is 2. The van der Waals surface area contributed by atoms with Gasteiger partial charge in [-0.3, -0.25) is 0 Å². The molecule has 0 spiro atoms. The molecule has 2 heteroatoms. The number of benzene rings is 1. The van der Waals surface area contributed by atoms with Crippen molar-refractivity contribution in [1.29, 1.82) is 0 Å². The van der Waals surface area contributed by atoms with Crippen molar-refractivity contribution in [3.63, 3.8) is 0 Å². The van der Waals surface area contributed by atoms with Gasteiger partial charge in [-0.05, 0) is 37.4 Å². The van der Waals surface area contributed by atoms with E-state index in [1.54, 1.807) is 0 Å². The molecule has 0 unspecified atom stereocenters. The van der Waals surface area contributed by atoms with Crippen molar-refractivity contribution < 1.29 is 0 Å². The number of nitrogens with two attached hydrogens (primary N) is 1. The third kappa shape index (κ3) is 3.53. The van der Waals surface area contributed by atoms with Crippen molar-refractivity contribution in [1.82, 2.24) is 0 Å². The summed E-state index contributed by atoms with van der Waals surface area (Å²) < 4.78 is 0. The predicted molar refractivity (Wildman–Crippen MR) is 72.0 cm³/mol. The minimum atomic E-state index is 0.725. The van der Waals surface area contributed by atoms with Gasteiger partial charge in [0.1, 0.15) is 0 Å². The molecule has 0 saturated heterocycles. The molecule has 2 nitrogen and oxygen atoms in total. The van der Waals surface area contributed by atoms with E-state index in [1.165, 1.54) is 24.1 Å². The van der Waals surface area contributed by atoms with Crippen LogP contribution in [0.1, 0.15) is 32.3 Å². The van der Waals surface area contributed by atoms with Gasteiger partial charge in [-0.25, -0.2) is 0 Å². The molecule has 16 heavy (non-hydrogen) atoms. The molecule has 0 saturated carbocycles. The van der Waals surface area contributed by atoms with Gasteiger partial charge in [0.2, 0.25) is 0 Å². The maximum absolute atomic E-state index is 5.66. The fourth-order valence-corrected chi connectivity index (χ4v) is 2.08. The van der Waals surface area contributed by atoms with Crippen LogP contribution in [0.3, 0.4) is 0 Å². The predicted octanol–water partition coefficient (Wildman–Crippen LogP) is 2.81. The normalized spacial score (nSPS) is 10.4. The van der Waals surface area contributed by atoms with E-state index >= 15 is 0 Å². The Hall–Kier alpha value is -1.02. The lowest BCUT2D eigenvalue weighted by atomic mass is 10.1. The smallest absolute Gasteiger partial charge is 0.0399 e. The highest BCUT2D eigenvalue weighted by atomic mass is 15.1. The summed E-state index contributed by atoms with van der Waals surface area (Å²) in [5.74, 6) is 0. The standard InChI is InChI=1S/C14H24N2/c1-3-11-16(12-4-2)14-8-6-5-7-13(14)9-10-15/h5-8H,3-4,9-12,15H2,1-2H3. The maximum atomic E-state index is 5.66. The third-order valence-corrected chi connectivity index (χ3v) is 2.73. The topological polar surface area (TPSA) is 29.3 Å². The first-order chi connectivity index (χ1) is 7.83. The lowest BCUT2D eigenvalue weighted by Gasteiger charge is -2.26. The highest BCUT2D eigenvalue weighted by molar-refractivity contribution is 5.53. The molecule has 0 aliphatic carbocycles. The van der Waals surface area contributed by atoms with Gasteiger partial charge in [0.25, 0.3) is 0 Å². The zero-order chi connectivity index (χ0) is 11.8. The number of rotatable bonds is 7. The number of nitrogens with zero attached hydrogens (tertiary/aromatic N) is 1. The van der Waals surface area contributed by atoms with Crippen LogP contribution in [0.5, 0.6) is 0 Å². The van der Waals surface area contributed by atoms with Gasteiger partial charge in [0.15, 0.2) is 0 Å². The van der Waals surface area contributed by atoms with E-state index in [9.17, 15) is 0 Å². The Morgan fingerprint density at radius 3 is 2.25 bits per heavy atom.